The summed E-state index contributed by atoms with van der Waals surface area (Å²) in [6.45, 7) is 4.80. The molecule has 0 saturated carbocycles. The Morgan fingerprint density at radius 3 is 2.57 bits per heavy atom. The van der Waals surface area contributed by atoms with Crippen molar-refractivity contribution in [2.75, 3.05) is 26.2 Å². The fourth-order valence-electron chi connectivity index (χ4n) is 2.29. The third-order valence-electron chi connectivity index (χ3n) is 3.48. The third kappa shape index (κ3) is 6.16. The number of nitrogens with one attached hydrogen (secondary N) is 1. The van der Waals surface area contributed by atoms with Crippen LogP contribution in [-0.4, -0.2) is 36.5 Å². The molecule has 0 saturated heterocycles. The van der Waals surface area contributed by atoms with Crippen LogP contribution in [0, 0.1) is 0 Å². The SMILES string of the molecule is COCc1cc(C(C)NC(C)CCS(C)=O)ccc1OC. The molecule has 0 amide bonds. The Morgan fingerprint density at radius 1 is 1.29 bits per heavy atom. The normalized spacial score (nSPS) is 15.5. The molecule has 1 N–H and O–H groups in total. The highest BCUT2D eigenvalue weighted by Gasteiger charge is 2.12. The zero-order valence-corrected chi connectivity index (χ0v) is 14.5. The highest BCUT2D eigenvalue weighted by Crippen LogP contribution is 2.24. The Balaban J connectivity index is 2.70. The molecule has 0 heterocycles. The molecule has 0 fully saturated rings. The van der Waals surface area contributed by atoms with Crippen molar-refractivity contribution < 1.29 is 13.7 Å². The molecule has 0 spiro atoms. The van der Waals surface area contributed by atoms with Crippen LogP contribution in [-0.2, 0) is 22.1 Å². The largest absolute Gasteiger partial charge is 0.496 e. The number of benzene rings is 1. The second-order valence-corrected chi connectivity index (χ2v) is 6.91. The van der Waals surface area contributed by atoms with E-state index in [1.54, 1.807) is 20.5 Å². The van der Waals surface area contributed by atoms with Crippen molar-refractivity contribution in [1.29, 1.82) is 0 Å². The first-order valence-corrected chi connectivity index (χ1v) is 8.92. The van der Waals surface area contributed by atoms with Crippen LogP contribution >= 0.6 is 0 Å². The maximum atomic E-state index is 11.1. The molecule has 1 rings (SSSR count). The van der Waals surface area contributed by atoms with Gasteiger partial charge in [-0.25, -0.2) is 0 Å². The average Bonchev–Trinajstić information content (AvgIpc) is 2.45. The second kappa shape index (κ2) is 9.18. The van der Waals surface area contributed by atoms with Crippen molar-refractivity contribution in [2.24, 2.45) is 0 Å². The maximum absolute atomic E-state index is 11.1. The molecule has 0 aromatic heterocycles. The fourth-order valence-corrected chi connectivity index (χ4v) is 2.97. The van der Waals surface area contributed by atoms with Crippen LogP contribution in [0.25, 0.3) is 0 Å². The van der Waals surface area contributed by atoms with Crippen molar-refractivity contribution in [3.05, 3.63) is 29.3 Å². The van der Waals surface area contributed by atoms with Crippen molar-refractivity contribution in [2.45, 2.75) is 39.0 Å². The monoisotopic (exact) mass is 313 g/mol. The smallest absolute Gasteiger partial charge is 0.124 e. The quantitative estimate of drug-likeness (QED) is 0.761. The van der Waals surface area contributed by atoms with Crippen molar-refractivity contribution >= 4 is 10.8 Å². The summed E-state index contributed by atoms with van der Waals surface area (Å²) < 4.78 is 21.7. The van der Waals surface area contributed by atoms with E-state index < -0.39 is 10.8 Å². The lowest BCUT2D eigenvalue weighted by Gasteiger charge is -2.21. The Kier molecular flexibility index (Phi) is 7.93. The van der Waals surface area contributed by atoms with Crippen molar-refractivity contribution in [3.63, 3.8) is 0 Å². The Bertz CT molecular complexity index is 465. The van der Waals surface area contributed by atoms with Gasteiger partial charge in [-0.15, -0.1) is 0 Å². The minimum absolute atomic E-state index is 0.229. The molecule has 21 heavy (non-hydrogen) atoms. The minimum atomic E-state index is -0.729. The van der Waals surface area contributed by atoms with Gasteiger partial charge in [-0.3, -0.25) is 4.21 Å². The summed E-state index contributed by atoms with van der Waals surface area (Å²) in [7, 11) is 2.62. The average molecular weight is 313 g/mol. The molecule has 0 aliphatic heterocycles. The van der Waals surface area contributed by atoms with Gasteiger partial charge in [0.25, 0.3) is 0 Å². The number of ether oxygens (including phenoxy) is 2. The van der Waals surface area contributed by atoms with Crippen LogP contribution in [0.4, 0.5) is 0 Å². The zero-order valence-electron chi connectivity index (χ0n) is 13.6. The lowest BCUT2D eigenvalue weighted by Crippen LogP contribution is -2.30. The summed E-state index contributed by atoms with van der Waals surface area (Å²) in [5.41, 5.74) is 2.25. The van der Waals surface area contributed by atoms with Gasteiger partial charge in [0.1, 0.15) is 5.75 Å². The van der Waals surface area contributed by atoms with Crippen LogP contribution in [0.15, 0.2) is 18.2 Å². The molecule has 3 atom stereocenters. The van der Waals surface area contributed by atoms with Gasteiger partial charge < -0.3 is 14.8 Å². The second-order valence-electron chi connectivity index (χ2n) is 5.36. The zero-order chi connectivity index (χ0) is 15.8. The van der Waals surface area contributed by atoms with E-state index in [-0.39, 0.29) is 6.04 Å². The highest BCUT2D eigenvalue weighted by molar-refractivity contribution is 7.84. The molecule has 0 radical (unpaired) electrons. The van der Waals surface area contributed by atoms with E-state index in [2.05, 4.69) is 31.3 Å². The molecule has 0 aliphatic carbocycles. The summed E-state index contributed by atoms with van der Waals surface area (Å²) in [4.78, 5) is 0. The van der Waals surface area contributed by atoms with E-state index in [1.807, 2.05) is 6.07 Å². The minimum Gasteiger partial charge on any atom is -0.496 e. The van der Waals surface area contributed by atoms with Crippen LogP contribution in [0.1, 0.15) is 37.4 Å². The molecule has 1 aromatic rings. The van der Waals surface area contributed by atoms with Gasteiger partial charge in [-0.2, -0.15) is 0 Å². The number of methoxy groups -OCH3 is 2. The molecule has 120 valence electrons. The molecular formula is C16H27NO3S. The lowest BCUT2D eigenvalue weighted by atomic mass is 10.0. The van der Waals surface area contributed by atoms with Gasteiger partial charge in [-0.05, 0) is 38.0 Å². The number of rotatable bonds is 9. The topological polar surface area (TPSA) is 47.6 Å². The third-order valence-corrected chi connectivity index (χ3v) is 4.29. The molecule has 0 bridgehead atoms. The van der Waals surface area contributed by atoms with Gasteiger partial charge in [0, 0.05) is 47.6 Å². The Morgan fingerprint density at radius 2 is 2.00 bits per heavy atom. The molecule has 5 heteroatoms. The molecule has 3 unspecified atom stereocenters. The summed E-state index contributed by atoms with van der Waals surface area (Å²) >= 11 is 0. The number of hydrogen-bond donors (Lipinski definition) is 1. The Labute approximate surface area is 130 Å². The van der Waals surface area contributed by atoms with Crippen LogP contribution in [0.2, 0.25) is 0 Å². The van der Waals surface area contributed by atoms with Gasteiger partial charge in [-0.1, -0.05) is 6.07 Å². The van der Waals surface area contributed by atoms with Crippen LogP contribution in [0.5, 0.6) is 5.75 Å². The summed E-state index contributed by atoms with van der Waals surface area (Å²) in [6, 6.07) is 6.72. The highest BCUT2D eigenvalue weighted by atomic mass is 32.2. The van der Waals surface area contributed by atoms with E-state index in [0.717, 1.165) is 23.5 Å². The molecule has 1 aromatic carbocycles. The first-order chi connectivity index (χ1) is 9.97. The van der Waals surface area contributed by atoms with E-state index in [1.165, 1.54) is 5.56 Å². The summed E-state index contributed by atoms with van der Waals surface area (Å²) in [5.74, 6) is 1.58. The van der Waals surface area contributed by atoms with E-state index in [0.29, 0.717) is 12.6 Å². The van der Waals surface area contributed by atoms with E-state index in [4.69, 9.17) is 9.47 Å². The first-order valence-electron chi connectivity index (χ1n) is 7.19. The standard InChI is InChI=1S/C16H27NO3S/c1-12(8-9-21(5)18)17-13(2)14-6-7-16(20-4)15(10-14)11-19-3/h6-7,10,12-13,17H,8-9,11H2,1-5H3. The summed E-state index contributed by atoms with van der Waals surface area (Å²) in [5, 5.41) is 3.54. The predicted octanol–water partition coefficient (Wildman–Crippen LogP) is 2.65. The van der Waals surface area contributed by atoms with E-state index >= 15 is 0 Å². The molecular weight excluding hydrogens is 286 g/mol. The number of hydrogen-bond acceptors (Lipinski definition) is 4. The first kappa shape index (κ1) is 18.1. The van der Waals surface area contributed by atoms with Gasteiger partial charge >= 0.3 is 0 Å². The van der Waals surface area contributed by atoms with Gasteiger partial charge in [0.2, 0.25) is 0 Å². The van der Waals surface area contributed by atoms with Gasteiger partial charge in [0.15, 0.2) is 0 Å². The lowest BCUT2D eigenvalue weighted by molar-refractivity contribution is 0.181. The van der Waals surface area contributed by atoms with Crippen molar-refractivity contribution in [3.8, 4) is 5.75 Å². The van der Waals surface area contributed by atoms with Crippen LogP contribution in [0.3, 0.4) is 0 Å². The van der Waals surface area contributed by atoms with E-state index in [9.17, 15) is 4.21 Å². The van der Waals surface area contributed by atoms with Crippen molar-refractivity contribution in [1.82, 2.24) is 5.32 Å². The van der Waals surface area contributed by atoms with Crippen LogP contribution < -0.4 is 10.1 Å². The van der Waals surface area contributed by atoms with Gasteiger partial charge in [0.05, 0.1) is 13.7 Å². The molecule has 4 nitrogen and oxygen atoms in total. The Hall–Kier alpha value is -0.910. The fraction of sp³-hybridized carbons (Fsp3) is 0.625. The molecule has 0 aliphatic rings. The summed E-state index contributed by atoms with van der Waals surface area (Å²) in [6.07, 6.45) is 2.66. The predicted molar refractivity (Wildman–Crippen MR) is 88.3 cm³/mol. The maximum Gasteiger partial charge on any atom is 0.124 e.